The molecule has 0 amide bonds. The third-order valence-corrected chi connectivity index (χ3v) is 5.31. The molecule has 1 heteroatoms. The molecule has 0 unspecified atom stereocenters. The maximum atomic E-state index is 9.26. The Labute approximate surface area is 140 Å². The number of hydrogen-bond donors (Lipinski definition) is 1. The Kier molecular flexibility index (Phi) is 5.51. The molecule has 1 saturated carbocycles. The van der Waals surface area contributed by atoms with Gasteiger partial charge in [-0.3, -0.25) is 0 Å². The lowest BCUT2D eigenvalue weighted by molar-refractivity contribution is 0.182. The molecule has 1 nitrogen and oxygen atoms in total. The highest BCUT2D eigenvalue weighted by Crippen LogP contribution is 2.36. The monoisotopic (exact) mass is 308 g/mol. The zero-order valence-electron chi connectivity index (χ0n) is 14.2. The van der Waals surface area contributed by atoms with E-state index in [1.54, 1.807) is 0 Å². The Morgan fingerprint density at radius 1 is 0.826 bits per heavy atom. The lowest BCUT2D eigenvalue weighted by Crippen LogP contribution is -2.15. The van der Waals surface area contributed by atoms with E-state index in [9.17, 15) is 5.11 Å². The minimum Gasteiger partial charge on any atom is -0.396 e. The summed E-state index contributed by atoms with van der Waals surface area (Å²) in [5.74, 6) is 1.21. The molecule has 1 aliphatic rings. The van der Waals surface area contributed by atoms with Gasteiger partial charge in [0.25, 0.3) is 0 Å². The van der Waals surface area contributed by atoms with Crippen LogP contribution in [0.2, 0.25) is 0 Å². The largest absolute Gasteiger partial charge is 0.396 e. The molecule has 2 aromatic rings. The van der Waals surface area contributed by atoms with E-state index in [2.05, 4.69) is 55.5 Å². The SMILES string of the molecule is CCCc1ccc(-c2ccc([C@H]3CC[C@H](CO)CC3)cc2)cc1. The molecule has 0 saturated heterocycles. The van der Waals surface area contributed by atoms with Crippen LogP contribution in [-0.2, 0) is 6.42 Å². The van der Waals surface area contributed by atoms with E-state index in [4.69, 9.17) is 0 Å². The Bertz CT molecular complexity index is 589. The van der Waals surface area contributed by atoms with Crippen LogP contribution < -0.4 is 0 Å². The standard InChI is InChI=1S/C22H28O/c1-2-3-17-4-8-19(9-5-17)21-12-14-22(15-13-21)20-10-6-18(16-23)7-11-20/h4-5,8-9,12-15,18,20,23H,2-3,6-7,10-11,16H2,1H3/t18-,20-. The summed E-state index contributed by atoms with van der Waals surface area (Å²) < 4.78 is 0. The van der Waals surface area contributed by atoms with E-state index in [-0.39, 0.29) is 0 Å². The lowest BCUT2D eigenvalue weighted by Gasteiger charge is -2.27. The van der Waals surface area contributed by atoms with Crippen molar-refractivity contribution in [3.05, 3.63) is 59.7 Å². The van der Waals surface area contributed by atoms with Crippen molar-refractivity contribution in [2.24, 2.45) is 5.92 Å². The Balaban J connectivity index is 1.67. The van der Waals surface area contributed by atoms with Gasteiger partial charge in [0.15, 0.2) is 0 Å². The van der Waals surface area contributed by atoms with E-state index in [0.29, 0.717) is 18.4 Å². The van der Waals surface area contributed by atoms with Gasteiger partial charge in [0, 0.05) is 6.61 Å². The summed E-state index contributed by atoms with van der Waals surface area (Å²) in [5.41, 5.74) is 5.50. The molecule has 0 aliphatic heterocycles. The molecular formula is C22H28O. The summed E-state index contributed by atoms with van der Waals surface area (Å²) in [4.78, 5) is 0. The maximum absolute atomic E-state index is 9.26. The summed E-state index contributed by atoms with van der Waals surface area (Å²) in [6.07, 6.45) is 7.14. The highest BCUT2D eigenvalue weighted by Gasteiger charge is 2.21. The molecule has 3 rings (SSSR count). The Morgan fingerprint density at radius 2 is 1.39 bits per heavy atom. The first-order valence-electron chi connectivity index (χ1n) is 9.10. The topological polar surface area (TPSA) is 20.2 Å². The number of benzene rings is 2. The van der Waals surface area contributed by atoms with Gasteiger partial charge in [-0.15, -0.1) is 0 Å². The van der Waals surface area contributed by atoms with Crippen molar-refractivity contribution in [1.29, 1.82) is 0 Å². The smallest absolute Gasteiger partial charge is 0.0459 e. The number of rotatable bonds is 5. The van der Waals surface area contributed by atoms with E-state index < -0.39 is 0 Å². The minimum atomic E-state index is 0.361. The molecule has 0 spiro atoms. The Hall–Kier alpha value is -1.60. The van der Waals surface area contributed by atoms with Crippen LogP contribution in [0.15, 0.2) is 48.5 Å². The molecule has 0 radical (unpaired) electrons. The molecule has 2 aromatic carbocycles. The minimum absolute atomic E-state index is 0.361. The first-order chi connectivity index (χ1) is 11.3. The van der Waals surface area contributed by atoms with Gasteiger partial charge in [-0.25, -0.2) is 0 Å². The van der Waals surface area contributed by atoms with Gasteiger partial charge in [-0.2, -0.15) is 0 Å². The molecule has 122 valence electrons. The van der Waals surface area contributed by atoms with E-state index in [1.807, 2.05) is 0 Å². The van der Waals surface area contributed by atoms with Gasteiger partial charge >= 0.3 is 0 Å². The number of aliphatic hydroxyl groups is 1. The van der Waals surface area contributed by atoms with Gasteiger partial charge in [0.05, 0.1) is 0 Å². The van der Waals surface area contributed by atoms with Gasteiger partial charge in [0.1, 0.15) is 0 Å². The highest BCUT2D eigenvalue weighted by molar-refractivity contribution is 5.64. The van der Waals surface area contributed by atoms with Crippen molar-refractivity contribution in [2.75, 3.05) is 6.61 Å². The molecule has 1 aliphatic carbocycles. The molecule has 23 heavy (non-hydrogen) atoms. The van der Waals surface area contributed by atoms with E-state index >= 15 is 0 Å². The van der Waals surface area contributed by atoms with Crippen LogP contribution in [0, 0.1) is 5.92 Å². The normalized spacial score (nSPS) is 21.3. The summed E-state index contributed by atoms with van der Waals surface area (Å²) in [6.45, 7) is 2.58. The number of aliphatic hydroxyl groups excluding tert-OH is 1. The second-order valence-corrected chi connectivity index (χ2v) is 6.97. The van der Waals surface area contributed by atoms with Crippen molar-refractivity contribution >= 4 is 0 Å². The molecule has 0 bridgehead atoms. The molecule has 1 N–H and O–H groups in total. The second-order valence-electron chi connectivity index (χ2n) is 6.97. The number of hydrogen-bond acceptors (Lipinski definition) is 1. The van der Waals surface area contributed by atoms with Gasteiger partial charge in [-0.1, -0.05) is 61.9 Å². The van der Waals surface area contributed by atoms with Gasteiger partial charge < -0.3 is 5.11 Å². The molecule has 0 heterocycles. The van der Waals surface area contributed by atoms with E-state index in [0.717, 1.165) is 6.42 Å². The van der Waals surface area contributed by atoms with Crippen LogP contribution in [-0.4, -0.2) is 11.7 Å². The third-order valence-electron chi connectivity index (χ3n) is 5.31. The van der Waals surface area contributed by atoms with Crippen LogP contribution in [0.5, 0.6) is 0 Å². The van der Waals surface area contributed by atoms with Crippen molar-refractivity contribution < 1.29 is 5.11 Å². The predicted octanol–water partition coefficient (Wildman–Crippen LogP) is 5.57. The quantitative estimate of drug-likeness (QED) is 0.765. The average molecular weight is 308 g/mol. The zero-order valence-corrected chi connectivity index (χ0v) is 14.2. The van der Waals surface area contributed by atoms with Crippen LogP contribution in [0.3, 0.4) is 0 Å². The van der Waals surface area contributed by atoms with Crippen LogP contribution in [0.25, 0.3) is 11.1 Å². The summed E-state index contributed by atoms with van der Waals surface area (Å²) in [6, 6.07) is 18.1. The van der Waals surface area contributed by atoms with Crippen molar-refractivity contribution in [3.8, 4) is 11.1 Å². The van der Waals surface area contributed by atoms with Gasteiger partial charge in [0.2, 0.25) is 0 Å². The zero-order chi connectivity index (χ0) is 16.1. The van der Waals surface area contributed by atoms with E-state index in [1.165, 1.54) is 54.4 Å². The van der Waals surface area contributed by atoms with Crippen molar-refractivity contribution in [1.82, 2.24) is 0 Å². The van der Waals surface area contributed by atoms with Crippen molar-refractivity contribution in [2.45, 2.75) is 51.4 Å². The third kappa shape index (κ3) is 4.03. The van der Waals surface area contributed by atoms with Crippen LogP contribution in [0.1, 0.15) is 56.1 Å². The summed E-state index contributed by atoms with van der Waals surface area (Å²) in [5, 5.41) is 9.26. The first-order valence-corrected chi connectivity index (χ1v) is 9.10. The van der Waals surface area contributed by atoms with Crippen LogP contribution in [0.4, 0.5) is 0 Å². The molecule has 1 fully saturated rings. The maximum Gasteiger partial charge on any atom is 0.0459 e. The number of aryl methyl sites for hydroxylation is 1. The highest BCUT2D eigenvalue weighted by atomic mass is 16.3. The first kappa shape index (κ1) is 16.3. The second kappa shape index (κ2) is 7.79. The molecular weight excluding hydrogens is 280 g/mol. The van der Waals surface area contributed by atoms with Crippen molar-refractivity contribution in [3.63, 3.8) is 0 Å². The summed E-state index contributed by atoms with van der Waals surface area (Å²) >= 11 is 0. The van der Waals surface area contributed by atoms with Crippen LogP contribution >= 0.6 is 0 Å². The summed E-state index contributed by atoms with van der Waals surface area (Å²) in [7, 11) is 0. The predicted molar refractivity (Wildman–Crippen MR) is 97.7 cm³/mol. The fourth-order valence-corrected chi connectivity index (χ4v) is 3.78. The average Bonchev–Trinajstić information content (AvgIpc) is 2.63. The fourth-order valence-electron chi connectivity index (χ4n) is 3.78. The molecule has 0 atom stereocenters. The fraction of sp³-hybridized carbons (Fsp3) is 0.455. The lowest BCUT2D eigenvalue weighted by atomic mass is 9.79. The Morgan fingerprint density at radius 3 is 1.91 bits per heavy atom. The van der Waals surface area contributed by atoms with Gasteiger partial charge in [-0.05, 0) is 66.2 Å². The molecule has 0 aromatic heterocycles.